The number of carbonyl (C=O) groups is 2. The van der Waals surface area contributed by atoms with E-state index < -0.39 is 15.9 Å². The van der Waals surface area contributed by atoms with Crippen molar-refractivity contribution < 1.29 is 22.7 Å². The molecular formula is C17H18N2O5S. The molecule has 2 aromatic rings. The van der Waals surface area contributed by atoms with Crippen molar-refractivity contribution in [2.45, 2.75) is 18.4 Å². The number of amides is 2. The van der Waals surface area contributed by atoms with E-state index in [2.05, 4.69) is 5.32 Å². The van der Waals surface area contributed by atoms with Gasteiger partial charge in [-0.05, 0) is 42.0 Å². The van der Waals surface area contributed by atoms with Crippen LogP contribution >= 0.6 is 0 Å². The Balaban J connectivity index is 2.08. The lowest BCUT2D eigenvalue weighted by atomic mass is 10.1. The molecule has 0 aromatic heterocycles. The van der Waals surface area contributed by atoms with Crippen molar-refractivity contribution in [3.63, 3.8) is 0 Å². The molecule has 0 atom stereocenters. The molecule has 0 bridgehead atoms. The van der Waals surface area contributed by atoms with Gasteiger partial charge in [0.05, 0.1) is 12.0 Å². The van der Waals surface area contributed by atoms with Gasteiger partial charge in [-0.3, -0.25) is 9.59 Å². The molecule has 0 aliphatic rings. The van der Waals surface area contributed by atoms with Crippen LogP contribution in [0.3, 0.4) is 0 Å². The molecule has 0 spiro atoms. The van der Waals surface area contributed by atoms with Crippen LogP contribution in [0.2, 0.25) is 0 Å². The van der Waals surface area contributed by atoms with E-state index in [0.29, 0.717) is 12.3 Å². The summed E-state index contributed by atoms with van der Waals surface area (Å²) in [6.45, 7) is 1.74. The molecule has 2 amide bonds. The van der Waals surface area contributed by atoms with Gasteiger partial charge in [0.1, 0.15) is 5.75 Å². The molecule has 25 heavy (non-hydrogen) atoms. The van der Waals surface area contributed by atoms with Gasteiger partial charge in [0, 0.05) is 19.0 Å². The first-order valence-corrected chi connectivity index (χ1v) is 8.85. The van der Waals surface area contributed by atoms with Crippen molar-refractivity contribution in [1.82, 2.24) is 10.0 Å². The molecule has 8 heteroatoms. The molecule has 2 aromatic carbocycles. The highest BCUT2D eigenvalue weighted by molar-refractivity contribution is 7.90. The fourth-order valence-electron chi connectivity index (χ4n) is 2.00. The van der Waals surface area contributed by atoms with Gasteiger partial charge in [-0.1, -0.05) is 12.1 Å². The Labute approximate surface area is 146 Å². The smallest absolute Gasteiger partial charge is 0.264 e. The quantitative estimate of drug-likeness (QED) is 0.810. The summed E-state index contributed by atoms with van der Waals surface area (Å²) in [6.07, 6.45) is 0. The zero-order chi connectivity index (χ0) is 18.4. The van der Waals surface area contributed by atoms with Gasteiger partial charge in [-0.25, -0.2) is 13.1 Å². The predicted molar refractivity (Wildman–Crippen MR) is 91.6 cm³/mol. The van der Waals surface area contributed by atoms with Crippen LogP contribution in [0, 0.1) is 0 Å². The fraction of sp³-hybridized carbons (Fsp3) is 0.176. The van der Waals surface area contributed by atoms with E-state index in [0.717, 1.165) is 5.56 Å². The van der Waals surface area contributed by atoms with Crippen LogP contribution in [-0.2, 0) is 21.4 Å². The van der Waals surface area contributed by atoms with Crippen molar-refractivity contribution in [2.24, 2.45) is 0 Å². The Kier molecular flexibility index (Phi) is 5.76. The number of sulfonamides is 1. The first-order valence-electron chi connectivity index (χ1n) is 7.36. The van der Waals surface area contributed by atoms with Crippen LogP contribution in [0.15, 0.2) is 53.4 Å². The summed E-state index contributed by atoms with van der Waals surface area (Å²) in [7, 11) is -2.50. The zero-order valence-corrected chi connectivity index (χ0v) is 14.6. The summed E-state index contributed by atoms with van der Waals surface area (Å²) in [5, 5.41) is 2.63. The van der Waals surface area contributed by atoms with Crippen molar-refractivity contribution in [1.29, 1.82) is 0 Å². The van der Waals surface area contributed by atoms with Crippen molar-refractivity contribution in [2.75, 3.05) is 7.11 Å². The number of carbonyl (C=O) groups excluding carboxylic acids is 2. The lowest BCUT2D eigenvalue weighted by Crippen LogP contribution is -2.30. The molecule has 0 radical (unpaired) electrons. The normalized spacial score (nSPS) is 10.8. The van der Waals surface area contributed by atoms with Crippen molar-refractivity contribution in [3.05, 3.63) is 59.7 Å². The van der Waals surface area contributed by atoms with Gasteiger partial charge in [0.2, 0.25) is 5.91 Å². The molecule has 0 aliphatic carbocycles. The van der Waals surface area contributed by atoms with Crippen LogP contribution in [0.1, 0.15) is 22.8 Å². The van der Waals surface area contributed by atoms with E-state index in [9.17, 15) is 18.0 Å². The Morgan fingerprint density at radius 2 is 1.60 bits per heavy atom. The monoisotopic (exact) mass is 362 g/mol. The zero-order valence-electron chi connectivity index (χ0n) is 13.8. The minimum Gasteiger partial charge on any atom is -0.497 e. The highest BCUT2D eigenvalue weighted by atomic mass is 32.2. The lowest BCUT2D eigenvalue weighted by Gasteiger charge is -2.08. The number of nitrogens with one attached hydrogen (secondary N) is 2. The Morgan fingerprint density at radius 3 is 2.12 bits per heavy atom. The van der Waals surface area contributed by atoms with Crippen LogP contribution in [-0.4, -0.2) is 27.3 Å². The molecule has 2 rings (SSSR count). The van der Waals surface area contributed by atoms with E-state index in [1.165, 1.54) is 50.4 Å². The standard InChI is InChI=1S/C17H18N2O5S/c1-12(20)18-11-13-3-5-14(6-4-13)17(21)19-25(22,23)16-9-7-15(24-2)8-10-16/h3-10H,11H2,1-2H3,(H,18,20)(H,19,21). The van der Waals surface area contributed by atoms with Crippen LogP contribution in [0.5, 0.6) is 5.75 Å². The first-order chi connectivity index (χ1) is 11.8. The van der Waals surface area contributed by atoms with Gasteiger partial charge in [0.25, 0.3) is 15.9 Å². The molecule has 0 aliphatic heterocycles. The maximum Gasteiger partial charge on any atom is 0.264 e. The van der Waals surface area contributed by atoms with Crippen molar-refractivity contribution >= 4 is 21.8 Å². The number of rotatable bonds is 6. The average Bonchev–Trinajstić information content (AvgIpc) is 2.60. The van der Waals surface area contributed by atoms with Gasteiger partial charge in [0.15, 0.2) is 0 Å². The topological polar surface area (TPSA) is 102 Å². The highest BCUT2D eigenvalue weighted by Crippen LogP contribution is 2.15. The highest BCUT2D eigenvalue weighted by Gasteiger charge is 2.18. The first kappa shape index (κ1) is 18.5. The molecule has 7 nitrogen and oxygen atoms in total. The molecule has 132 valence electrons. The third kappa shape index (κ3) is 5.05. The Bertz CT molecular complexity index is 859. The number of hydrogen-bond acceptors (Lipinski definition) is 5. The van der Waals surface area contributed by atoms with E-state index in [-0.39, 0.29) is 16.4 Å². The summed E-state index contributed by atoms with van der Waals surface area (Å²) in [4.78, 5) is 23.0. The third-order valence-corrected chi connectivity index (χ3v) is 4.70. The largest absolute Gasteiger partial charge is 0.497 e. The Morgan fingerprint density at radius 1 is 1.00 bits per heavy atom. The molecule has 0 heterocycles. The van der Waals surface area contributed by atoms with E-state index in [4.69, 9.17) is 4.74 Å². The second-order valence-corrected chi connectivity index (χ2v) is 6.90. The summed E-state index contributed by atoms with van der Waals surface area (Å²) in [6, 6.07) is 12.0. The SMILES string of the molecule is COc1ccc(S(=O)(=O)NC(=O)c2ccc(CNC(C)=O)cc2)cc1. The van der Waals surface area contributed by atoms with E-state index >= 15 is 0 Å². The Hall–Kier alpha value is -2.87. The maximum atomic E-state index is 12.2. The molecule has 0 unspecified atom stereocenters. The van der Waals surface area contributed by atoms with Crippen LogP contribution in [0.25, 0.3) is 0 Å². The van der Waals surface area contributed by atoms with E-state index in [1.807, 2.05) is 4.72 Å². The second kappa shape index (κ2) is 7.80. The van der Waals surface area contributed by atoms with E-state index in [1.54, 1.807) is 12.1 Å². The summed E-state index contributed by atoms with van der Waals surface area (Å²) >= 11 is 0. The summed E-state index contributed by atoms with van der Waals surface area (Å²) < 4.78 is 31.5. The minimum absolute atomic E-state index is 0.0380. The van der Waals surface area contributed by atoms with Gasteiger partial charge in [-0.15, -0.1) is 0 Å². The number of methoxy groups -OCH3 is 1. The second-order valence-electron chi connectivity index (χ2n) is 5.22. The molecule has 0 saturated heterocycles. The van der Waals surface area contributed by atoms with Crippen LogP contribution < -0.4 is 14.8 Å². The molecule has 0 saturated carbocycles. The summed E-state index contributed by atoms with van der Waals surface area (Å²) in [5.74, 6) is -0.380. The van der Waals surface area contributed by atoms with Gasteiger partial charge < -0.3 is 10.1 Å². The third-order valence-electron chi connectivity index (χ3n) is 3.35. The van der Waals surface area contributed by atoms with Gasteiger partial charge >= 0.3 is 0 Å². The fourth-order valence-corrected chi connectivity index (χ4v) is 2.97. The number of hydrogen-bond donors (Lipinski definition) is 2. The minimum atomic E-state index is -3.98. The molecular weight excluding hydrogens is 344 g/mol. The molecule has 2 N–H and O–H groups in total. The maximum absolute atomic E-state index is 12.2. The summed E-state index contributed by atoms with van der Waals surface area (Å²) in [5.41, 5.74) is 0.994. The lowest BCUT2D eigenvalue weighted by molar-refractivity contribution is -0.119. The predicted octanol–water partition coefficient (Wildman–Crippen LogP) is 1.45. The van der Waals surface area contributed by atoms with Crippen molar-refractivity contribution in [3.8, 4) is 5.75 Å². The van der Waals surface area contributed by atoms with Gasteiger partial charge in [-0.2, -0.15) is 0 Å². The number of benzene rings is 2. The van der Waals surface area contributed by atoms with Crippen LogP contribution in [0.4, 0.5) is 0 Å². The molecule has 0 fully saturated rings. The average molecular weight is 362 g/mol. The number of ether oxygens (including phenoxy) is 1.